The van der Waals surface area contributed by atoms with Crippen molar-refractivity contribution in [1.29, 1.82) is 5.26 Å². The van der Waals surface area contributed by atoms with E-state index in [0.717, 1.165) is 4.90 Å². The summed E-state index contributed by atoms with van der Waals surface area (Å²) in [5.41, 5.74) is 0.656. The summed E-state index contributed by atoms with van der Waals surface area (Å²) in [7, 11) is 0. The lowest BCUT2D eigenvalue weighted by atomic mass is 10.2. The van der Waals surface area contributed by atoms with E-state index >= 15 is 0 Å². The Bertz CT molecular complexity index is 232. The molecule has 0 radical (unpaired) electrons. The lowest BCUT2D eigenvalue weighted by Crippen LogP contribution is -1.72. The van der Waals surface area contributed by atoms with Crippen molar-refractivity contribution in [2.24, 2.45) is 0 Å². The normalized spacial score (nSPS) is 8.33. The van der Waals surface area contributed by atoms with Crippen LogP contribution in [0.5, 0.6) is 0 Å². The van der Waals surface area contributed by atoms with Gasteiger partial charge in [-0.05, 0) is 12.1 Å². The van der Waals surface area contributed by atoms with Gasteiger partial charge in [0.2, 0.25) is 0 Å². The minimum atomic E-state index is 0.656. The summed E-state index contributed by atoms with van der Waals surface area (Å²) < 4.78 is 0. The lowest BCUT2D eigenvalue weighted by molar-refractivity contribution is 1.42. The van der Waals surface area contributed by atoms with Crippen molar-refractivity contribution >= 4 is 12.6 Å². The molecule has 0 aliphatic heterocycles. The zero-order valence-corrected chi connectivity index (χ0v) is 5.48. The van der Waals surface area contributed by atoms with E-state index in [-0.39, 0.29) is 0 Å². The van der Waals surface area contributed by atoms with Gasteiger partial charge in [0.25, 0.3) is 0 Å². The fourth-order valence-electron chi connectivity index (χ4n) is 0.529. The molecule has 44 valence electrons. The highest BCUT2D eigenvalue weighted by atomic mass is 32.1. The Morgan fingerprint density at radius 3 is 2.22 bits per heavy atom. The van der Waals surface area contributed by atoms with E-state index in [4.69, 9.17) is 17.9 Å². The van der Waals surface area contributed by atoms with Crippen LogP contribution in [-0.4, -0.2) is 0 Å². The molecule has 1 aromatic rings. The van der Waals surface area contributed by atoms with Gasteiger partial charge >= 0.3 is 0 Å². The van der Waals surface area contributed by atoms with Gasteiger partial charge in [0.05, 0.1) is 11.6 Å². The van der Waals surface area contributed by atoms with Crippen molar-refractivity contribution in [3.8, 4) is 6.07 Å². The summed E-state index contributed by atoms with van der Waals surface area (Å²) in [4.78, 5) is 0.772. The third-order valence-corrected chi connectivity index (χ3v) is 1.26. The third-order valence-electron chi connectivity index (χ3n) is 0.983. The zero-order chi connectivity index (χ0) is 6.69. The van der Waals surface area contributed by atoms with Crippen LogP contribution in [0.1, 0.15) is 5.56 Å². The van der Waals surface area contributed by atoms with Gasteiger partial charge in [-0.2, -0.15) is 10.2 Å². The van der Waals surface area contributed by atoms with Gasteiger partial charge in [-0.1, -0.05) is 12.1 Å². The molecule has 0 aromatic heterocycles. The van der Waals surface area contributed by atoms with Crippen LogP contribution in [0, 0.1) is 11.3 Å². The number of hydrogen-bond acceptors (Lipinski definition) is 2. The molecular formula is C7H4NS-. The summed E-state index contributed by atoms with van der Waals surface area (Å²) in [5.74, 6) is 0. The van der Waals surface area contributed by atoms with E-state index < -0.39 is 0 Å². The van der Waals surface area contributed by atoms with Gasteiger partial charge in [-0.3, -0.25) is 0 Å². The molecule has 0 aliphatic carbocycles. The monoisotopic (exact) mass is 134 g/mol. The first-order valence-electron chi connectivity index (χ1n) is 2.50. The van der Waals surface area contributed by atoms with Crippen molar-refractivity contribution in [2.45, 2.75) is 4.90 Å². The molecule has 0 spiro atoms. The van der Waals surface area contributed by atoms with E-state index in [2.05, 4.69) is 0 Å². The molecule has 0 aliphatic rings. The summed E-state index contributed by atoms with van der Waals surface area (Å²) in [5, 5.41) is 8.34. The van der Waals surface area contributed by atoms with Crippen molar-refractivity contribution in [3.05, 3.63) is 29.8 Å². The number of benzene rings is 1. The van der Waals surface area contributed by atoms with Crippen LogP contribution in [0.25, 0.3) is 0 Å². The Morgan fingerprint density at radius 2 is 1.78 bits per heavy atom. The Hall–Kier alpha value is -1.07. The molecule has 0 unspecified atom stereocenters. The topological polar surface area (TPSA) is 23.8 Å². The van der Waals surface area contributed by atoms with Gasteiger partial charge in [-0.15, -0.1) is 0 Å². The number of hydrogen-bond donors (Lipinski definition) is 0. The Labute approximate surface area is 59.3 Å². The van der Waals surface area contributed by atoms with Crippen LogP contribution in [0.3, 0.4) is 0 Å². The summed E-state index contributed by atoms with van der Waals surface area (Å²) in [6.45, 7) is 0. The maximum absolute atomic E-state index is 8.34. The number of nitriles is 1. The average Bonchev–Trinajstić information content (AvgIpc) is 1.90. The maximum Gasteiger partial charge on any atom is 0.0991 e. The second kappa shape index (κ2) is 2.47. The molecule has 0 heterocycles. The van der Waals surface area contributed by atoms with Gasteiger partial charge < -0.3 is 12.6 Å². The van der Waals surface area contributed by atoms with Crippen LogP contribution in [0.2, 0.25) is 0 Å². The first-order valence-corrected chi connectivity index (χ1v) is 2.91. The first-order chi connectivity index (χ1) is 4.33. The summed E-state index contributed by atoms with van der Waals surface area (Å²) >= 11 is 4.81. The quantitative estimate of drug-likeness (QED) is 0.501. The Kier molecular flexibility index (Phi) is 1.66. The van der Waals surface area contributed by atoms with Crippen LogP contribution in [0.15, 0.2) is 29.2 Å². The second-order valence-corrected chi connectivity index (χ2v) is 2.11. The predicted octanol–water partition coefficient (Wildman–Crippen LogP) is 1.46. The third kappa shape index (κ3) is 1.41. The van der Waals surface area contributed by atoms with E-state index in [1.54, 1.807) is 24.3 Å². The van der Waals surface area contributed by atoms with Crippen LogP contribution < -0.4 is 0 Å². The molecule has 0 N–H and O–H groups in total. The highest BCUT2D eigenvalue weighted by Crippen LogP contribution is 2.00. The molecule has 0 saturated carbocycles. The van der Waals surface area contributed by atoms with E-state index in [0.29, 0.717) is 5.56 Å². The molecule has 0 atom stereocenters. The zero-order valence-electron chi connectivity index (χ0n) is 4.66. The molecular weight excluding hydrogens is 130 g/mol. The van der Waals surface area contributed by atoms with E-state index in [9.17, 15) is 0 Å². The summed E-state index contributed by atoms with van der Waals surface area (Å²) in [6, 6.07) is 8.92. The van der Waals surface area contributed by atoms with Crippen molar-refractivity contribution in [2.75, 3.05) is 0 Å². The largest absolute Gasteiger partial charge is 0.780 e. The Balaban J connectivity index is 3.06. The molecule has 0 amide bonds. The van der Waals surface area contributed by atoms with Crippen molar-refractivity contribution in [3.63, 3.8) is 0 Å². The van der Waals surface area contributed by atoms with Crippen molar-refractivity contribution in [1.82, 2.24) is 0 Å². The molecule has 0 bridgehead atoms. The van der Waals surface area contributed by atoms with Gasteiger partial charge in [0.1, 0.15) is 0 Å². The molecule has 9 heavy (non-hydrogen) atoms. The Morgan fingerprint density at radius 1 is 1.22 bits per heavy atom. The van der Waals surface area contributed by atoms with Gasteiger partial charge in [0.15, 0.2) is 0 Å². The number of rotatable bonds is 0. The number of nitrogens with zero attached hydrogens (tertiary/aromatic N) is 1. The summed E-state index contributed by atoms with van der Waals surface area (Å²) in [6.07, 6.45) is 0. The van der Waals surface area contributed by atoms with Crippen LogP contribution in [-0.2, 0) is 12.6 Å². The fraction of sp³-hybridized carbons (Fsp3) is 0. The van der Waals surface area contributed by atoms with Crippen LogP contribution in [0.4, 0.5) is 0 Å². The van der Waals surface area contributed by atoms with E-state index in [1.165, 1.54) is 0 Å². The standard InChI is InChI=1S/C7H5NS/c8-5-6-1-3-7(9)4-2-6/h1-4,9H/p-1. The van der Waals surface area contributed by atoms with Gasteiger partial charge in [0, 0.05) is 0 Å². The molecule has 2 heteroatoms. The minimum Gasteiger partial charge on any atom is -0.780 e. The molecule has 0 saturated heterocycles. The maximum atomic E-state index is 8.34. The average molecular weight is 134 g/mol. The van der Waals surface area contributed by atoms with Crippen LogP contribution >= 0.6 is 0 Å². The first kappa shape index (κ1) is 6.06. The highest BCUT2D eigenvalue weighted by Gasteiger charge is 1.81. The lowest BCUT2D eigenvalue weighted by Gasteiger charge is -2.00. The van der Waals surface area contributed by atoms with Crippen molar-refractivity contribution < 1.29 is 0 Å². The SMILES string of the molecule is N#Cc1ccc([S-])cc1. The second-order valence-electron chi connectivity index (χ2n) is 1.64. The molecule has 1 nitrogen and oxygen atoms in total. The molecule has 0 fully saturated rings. The molecule has 1 rings (SSSR count). The predicted molar refractivity (Wildman–Crippen MR) is 36.8 cm³/mol. The fourth-order valence-corrected chi connectivity index (χ4v) is 0.666. The van der Waals surface area contributed by atoms with Gasteiger partial charge in [-0.25, -0.2) is 0 Å². The molecule has 1 aromatic carbocycles. The van der Waals surface area contributed by atoms with E-state index in [1.807, 2.05) is 6.07 Å². The highest BCUT2D eigenvalue weighted by molar-refractivity contribution is 7.58. The minimum absolute atomic E-state index is 0.656. The smallest absolute Gasteiger partial charge is 0.0991 e.